The normalized spacial score (nSPS) is 11.6. The van der Waals surface area contributed by atoms with Crippen molar-refractivity contribution in [3.05, 3.63) is 70.0 Å². The highest BCUT2D eigenvalue weighted by Gasteiger charge is 2.27. The predicted molar refractivity (Wildman–Crippen MR) is 167 cm³/mol. The van der Waals surface area contributed by atoms with Crippen LogP contribution < -0.4 is 14.4 Å². The summed E-state index contributed by atoms with van der Waals surface area (Å²) < 4.78 is 11.6. The largest absolute Gasteiger partial charge is 0.488 e. The average Bonchev–Trinajstić information content (AvgIpc) is 2.97. The van der Waals surface area contributed by atoms with E-state index >= 15 is 0 Å². The van der Waals surface area contributed by atoms with Gasteiger partial charge in [0.25, 0.3) is 5.69 Å². The van der Waals surface area contributed by atoms with E-state index in [9.17, 15) is 14.9 Å². The van der Waals surface area contributed by atoms with Crippen molar-refractivity contribution in [3.63, 3.8) is 0 Å². The van der Waals surface area contributed by atoms with Gasteiger partial charge in [-0.25, -0.2) is 14.8 Å². The number of benzene rings is 2. The number of nitro groups is 1. The Hall–Kier alpha value is -4.01. The summed E-state index contributed by atoms with van der Waals surface area (Å²) in [5.74, 6) is 0.380. The summed E-state index contributed by atoms with van der Waals surface area (Å²) in [5, 5.41) is 11.9. The van der Waals surface area contributed by atoms with Gasteiger partial charge in [0.05, 0.1) is 22.8 Å². The first-order chi connectivity index (χ1) is 20.2. The third-order valence-electron chi connectivity index (χ3n) is 7.12. The summed E-state index contributed by atoms with van der Waals surface area (Å²) in [6.07, 6.45) is 14.7. The van der Waals surface area contributed by atoms with Crippen molar-refractivity contribution in [2.24, 2.45) is 0 Å². The number of carbonyl (C=O) groups is 1. The fourth-order valence-corrected chi connectivity index (χ4v) is 4.67. The van der Waals surface area contributed by atoms with Crippen LogP contribution in [-0.4, -0.2) is 41.1 Å². The number of aromatic nitrogens is 2. The molecule has 2 aromatic carbocycles. The Morgan fingerprint density at radius 1 is 0.952 bits per heavy atom. The Kier molecular flexibility index (Phi) is 12.7. The van der Waals surface area contributed by atoms with Crippen molar-refractivity contribution in [2.75, 3.05) is 19.0 Å². The molecule has 0 radical (unpaired) electrons. The molecule has 1 heterocycles. The van der Waals surface area contributed by atoms with Gasteiger partial charge in [0.15, 0.2) is 5.82 Å². The quantitative estimate of drug-likeness (QED) is 0.0520. The minimum Gasteiger partial charge on any atom is -0.488 e. The van der Waals surface area contributed by atoms with Gasteiger partial charge >= 0.3 is 5.97 Å². The molecule has 1 atom stereocenters. The van der Waals surface area contributed by atoms with Gasteiger partial charge in [0, 0.05) is 32.1 Å². The number of nitrogens with zero attached hydrogens (tertiary/aromatic N) is 4. The van der Waals surface area contributed by atoms with E-state index in [-0.39, 0.29) is 23.1 Å². The summed E-state index contributed by atoms with van der Waals surface area (Å²) in [4.78, 5) is 35.3. The van der Waals surface area contributed by atoms with Crippen molar-refractivity contribution in [2.45, 2.75) is 91.1 Å². The summed E-state index contributed by atoms with van der Waals surface area (Å²) in [5.41, 5.74) is 1.94. The highest BCUT2D eigenvalue weighted by atomic mass is 16.6. The Morgan fingerprint density at radius 3 is 2.21 bits per heavy atom. The highest BCUT2D eigenvalue weighted by Crippen LogP contribution is 2.36. The monoisotopic (exact) mass is 576 g/mol. The van der Waals surface area contributed by atoms with Crippen molar-refractivity contribution in [3.8, 4) is 22.9 Å². The van der Waals surface area contributed by atoms with Crippen LogP contribution in [0.5, 0.6) is 11.5 Å². The number of ether oxygens (including phenoxy) is 2. The zero-order valence-corrected chi connectivity index (χ0v) is 25.6. The second-order valence-corrected chi connectivity index (χ2v) is 10.9. The Morgan fingerprint density at radius 2 is 1.60 bits per heavy atom. The molecule has 3 rings (SSSR count). The van der Waals surface area contributed by atoms with Crippen molar-refractivity contribution >= 4 is 17.3 Å². The van der Waals surface area contributed by atoms with Crippen LogP contribution >= 0.6 is 0 Å². The third kappa shape index (κ3) is 9.53. The van der Waals surface area contributed by atoms with Crippen LogP contribution in [0.2, 0.25) is 0 Å². The summed E-state index contributed by atoms with van der Waals surface area (Å²) in [6, 6.07) is 9.57. The van der Waals surface area contributed by atoms with Crippen LogP contribution in [0.3, 0.4) is 0 Å². The number of hydrogen-bond donors (Lipinski definition) is 0. The summed E-state index contributed by atoms with van der Waals surface area (Å²) >= 11 is 0. The van der Waals surface area contributed by atoms with Gasteiger partial charge in [-0.1, -0.05) is 52.4 Å². The molecular formula is C33H44N4O5. The average molecular weight is 577 g/mol. The molecule has 226 valence electrons. The van der Waals surface area contributed by atoms with Gasteiger partial charge in [-0.05, 0) is 68.5 Å². The van der Waals surface area contributed by atoms with Crippen molar-refractivity contribution in [1.29, 1.82) is 0 Å². The number of esters is 1. The molecule has 0 aliphatic heterocycles. The molecule has 3 aromatic rings. The Labute approximate surface area is 249 Å². The number of hydrogen-bond acceptors (Lipinski definition) is 8. The Balaban J connectivity index is 1.71. The van der Waals surface area contributed by atoms with E-state index in [0.29, 0.717) is 17.3 Å². The highest BCUT2D eigenvalue weighted by molar-refractivity contribution is 5.97. The van der Waals surface area contributed by atoms with Crippen LogP contribution in [0.15, 0.2) is 48.8 Å². The molecule has 0 amide bonds. The lowest BCUT2D eigenvalue weighted by Crippen LogP contribution is -2.18. The predicted octanol–water partition coefficient (Wildman–Crippen LogP) is 8.20. The number of aryl methyl sites for hydroxylation is 1. The molecule has 0 fully saturated rings. The third-order valence-corrected chi connectivity index (χ3v) is 7.12. The van der Waals surface area contributed by atoms with Gasteiger partial charge < -0.3 is 14.4 Å². The molecule has 9 nitrogen and oxygen atoms in total. The van der Waals surface area contributed by atoms with E-state index in [2.05, 4.69) is 23.8 Å². The first-order valence-electron chi connectivity index (χ1n) is 15.0. The lowest BCUT2D eigenvalue weighted by Gasteiger charge is -2.22. The molecule has 0 aliphatic carbocycles. The van der Waals surface area contributed by atoms with E-state index in [1.165, 1.54) is 37.8 Å². The maximum atomic E-state index is 13.1. The lowest BCUT2D eigenvalue weighted by molar-refractivity contribution is -0.385. The van der Waals surface area contributed by atoms with E-state index in [4.69, 9.17) is 9.47 Å². The Bertz CT molecular complexity index is 1290. The van der Waals surface area contributed by atoms with Crippen LogP contribution in [0.1, 0.15) is 94.5 Å². The molecule has 0 saturated carbocycles. The van der Waals surface area contributed by atoms with Crippen LogP contribution in [0.25, 0.3) is 11.4 Å². The molecule has 0 spiro atoms. The fraction of sp³-hybridized carbons (Fsp3) is 0.485. The first-order valence-corrected chi connectivity index (χ1v) is 15.0. The van der Waals surface area contributed by atoms with Gasteiger partial charge in [-0.3, -0.25) is 10.1 Å². The number of anilines is 1. The smallest absolute Gasteiger partial charge is 0.350 e. The molecule has 0 saturated heterocycles. The van der Waals surface area contributed by atoms with E-state index < -0.39 is 10.9 Å². The van der Waals surface area contributed by atoms with E-state index in [1.807, 2.05) is 19.3 Å². The van der Waals surface area contributed by atoms with Gasteiger partial charge in [-0.2, -0.15) is 0 Å². The molecule has 0 bridgehead atoms. The molecule has 0 N–H and O–H groups in total. The maximum Gasteiger partial charge on any atom is 0.350 e. The minimum absolute atomic E-state index is 0.123. The van der Waals surface area contributed by atoms with Crippen LogP contribution in [0.4, 0.5) is 11.4 Å². The molecule has 0 unspecified atom stereocenters. The first kappa shape index (κ1) is 32.5. The van der Waals surface area contributed by atoms with Crippen LogP contribution in [0, 0.1) is 10.1 Å². The SMILES string of the molecule is CCCCCCCc1cnc(-c2ccc(OC(=O)c3cc(N(C)C)c(O[C@H](C)CCCCC)cc3[N+](=O)[O-])cc2)nc1. The maximum absolute atomic E-state index is 13.1. The van der Waals surface area contributed by atoms with Crippen molar-refractivity contribution < 1.29 is 19.2 Å². The zero-order valence-electron chi connectivity index (χ0n) is 25.6. The second-order valence-electron chi connectivity index (χ2n) is 10.9. The standard InChI is InChI=1S/C33H44N4O5/c1-6-8-10-11-13-15-25-22-34-32(35-23-25)26-16-18-27(19-17-26)42-33(38)28-20-30(36(4)5)31(21-29(28)37(39)40)41-24(3)14-12-9-7-2/h16-24H,6-15H2,1-5H3/t24-/m1/s1. The van der Waals surface area contributed by atoms with Gasteiger partial charge in [0.2, 0.25) is 0 Å². The number of unbranched alkanes of at least 4 members (excludes halogenated alkanes) is 6. The van der Waals surface area contributed by atoms with Gasteiger partial charge in [0.1, 0.15) is 17.1 Å². The lowest BCUT2D eigenvalue weighted by atomic mass is 10.1. The topological polar surface area (TPSA) is 108 Å². The molecule has 42 heavy (non-hydrogen) atoms. The van der Waals surface area contributed by atoms with Crippen LogP contribution in [-0.2, 0) is 6.42 Å². The minimum atomic E-state index is -0.820. The molecule has 9 heteroatoms. The number of rotatable bonds is 17. The molecule has 0 aliphatic rings. The number of carbonyl (C=O) groups excluding carboxylic acids is 1. The number of nitro benzene ring substituents is 1. The van der Waals surface area contributed by atoms with Crippen molar-refractivity contribution in [1.82, 2.24) is 9.97 Å². The molecule has 1 aromatic heterocycles. The van der Waals surface area contributed by atoms with Gasteiger partial charge in [-0.15, -0.1) is 0 Å². The van der Waals surface area contributed by atoms with E-state index in [1.54, 1.807) is 43.3 Å². The molecular weight excluding hydrogens is 532 g/mol. The summed E-state index contributed by atoms with van der Waals surface area (Å²) in [7, 11) is 3.59. The fourth-order valence-electron chi connectivity index (χ4n) is 4.67. The second kappa shape index (κ2) is 16.4. The van der Waals surface area contributed by atoms with E-state index in [0.717, 1.165) is 49.7 Å². The summed E-state index contributed by atoms with van der Waals surface area (Å²) in [6.45, 7) is 6.29. The zero-order chi connectivity index (χ0) is 30.5.